The zero-order valence-corrected chi connectivity index (χ0v) is 26.3. The van der Waals surface area contributed by atoms with Crippen LogP contribution in [0.2, 0.25) is 0 Å². The Balaban J connectivity index is 1.47. The molecule has 0 fully saturated rings. The minimum absolute atomic E-state index is 0.000905. The largest absolute Gasteiger partial charge is 0.453 e. The van der Waals surface area contributed by atoms with Crippen LogP contribution in [0.5, 0.6) is 11.5 Å². The van der Waals surface area contributed by atoms with Gasteiger partial charge >= 0.3 is 0 Å². The van der Waals surface area contributed by atoms with Crippen LogP contribution in [-0.4, -0.2) is 16.5 Å². The van der Waals surface area contributed by atoms with E-state index in [-0.39, 0.29) is 17.2 Å². The first kappa shape index (κ1) is 29.2. The molecule has 1 N–H and O–H groups in total. The molecule has 46 heavy (non-hydrogen) atoms. The van der Waals surface area contributed by atoms with Crippen molar-refractivity contribution in [1.29, 1.82) is 5.41 Å². The second kappa shape index (κ2) is 12.1. The number of benzene rings is 4. The SMILES string of the molecule is CC1=CC=CCC1(C)[C@H](C)C(=NC(=N)c1ccccc1)c1cc(-c2cccnc2)cc(N2c3ccccc3Oc3ccccc32)c1. The van der Waals surface area contributed by atoms with Gasteiger partial charge in [-0.1, -0.05) is 98.3 Å². The first-order valence-corrected chi connectivity index (χ1v) is 15.7. The lowest BCUT2D eigenvalue weighted by molar-refractivity contribution is 0.324. The fourth-order valence-electron chi connectivity index (χ4n) is 6.46. The number of aromatic nitrogens is 1. The van der Waals surface area contributed by atoms with Crippen molar-refractivity contribution in [3.05, 3.63) is 157 Å². The first-order chi connectivity index (χ1) is 22.4. The average molecular weight is 601 g/mol. The van der Waals surface area contributed by atoms with Gasteiger partial charge in [-0.3, -0.25) is 10.4 Å². The molecule has 0 spiro atoms. The fourth-order valence-corrected chi connectivity index (χ4v) is 6.46. The number of anilines is 3. The summed E-state index contributed by atoms with van der Waals surface area (Å²) in [6, 6.07) is 36.7. The Bertz CT molecular complexity index is 1970. The van der Waals surface area contributed by atoms with Gasteiger partial charge in [0, 0.05) is 35.1 Å². The van der Waals surface area contributed by atoms with Gasteiger partial charge in [-0.15, -0.1) is 0 Å². The van der Waals surface area contributed by atoms with Crippen molar-refractivity contribution < 1.29 is 4.74 Å². The van der Waals surface area contributed by atoms with Crippen LogP contribution in [0.25, 0.3) is 11.1 Å². The van der Waals surface area contributed by atoms with Crippen LogP contribution in [0, 0.1) is 16.7 Å². The summed E-state index contributed by atoms with van der Waals surface area (Å²) in [5.74, 6) is 1.84. The Morgan fingerprint density at radius 3 is 2.22 bits per heavy atom. The molecule has 1 unspecified atom stereocenters. The third kappa shape index (κ3) is 5.34. The van der Waals surface area contributed by atoms with Crippen LogP contribution in [0.15, 0.2) is 150 Å². The fraction of sp³-hybridized carbons (Fsp3) is 0.146. The van der Waals surface area contributed by atoms with Gasteiger partial charge in [-0.05, 0) is 78.4 Å². The molecule has 226 valence electrons. The van der Waals surface area contributed by atoms with Crippen LogP contribution < -0.4 is 9.64 Å². The van der Waals surface area contributed by atoms with E-state index in [1.54, 1.807) is 6.20 Å². The number of aliphatic imine (C=N–C) groups is 1. The maximum absolute atomic E-state index is 9.14. The van der Waals surface area contributed by atoms with E-state index in [9.17, 15) is 0 Å². The van der Waals surface area contributed by atoms with Crippen LogP contribution in [0.3, 0.4) is 0 Å². The maximum Gasteiger partial charge on any atom is 0.152 e. The predicted octanol–water partition coefficient (Wildman–Crippen LogP) is 10.7. The molecule has 7 rings (SSSR count). The van der Waals surface area contributed by atoms with E-state index >= 15 is 0 Å². The average Bonchev–Trinajstić information content (AvgIpc) is 3.11. The topological polar surface area (TPSA) is 61.6 Å². The van der Waals surface area contributed by atoms with Gasteiger partial charge in [0.15, 0.2) is 17.3 Å². The molecule has 5 heteroatoms. The lowest BCUT2D eigenvalue weighted by Crippen LogP contribution is -2.34. The van der Waals surface area contributed by atoms with Gasteiger partial charge < -0.3 is 9.64 Å². The highest BCUT2D eigenvalue weighted by molar-refractivity contribution is 6.13. The molecule has 4 aromatic carbocycles. The van der Waals surface area contributed by atoms with Gasteiger partial charge in [0.05, 0.1) is 17.1 Å². The number of allylic oxidation sites excluding steroid dienone is 4. The Hall–Kier alpha value is -5.55. The predicted molar refractivity (Wildman–Crippen MR) is 189 cm³/mol. The number of fused-ring (bicyclic) bond motifs is 2. The molecule has 0 amide bonds. The normalized spacial score (nSPS) is 17.8. The lowest BCUT2D eigenvalue weighted by Gasteiger charge is -2.39. The van der Waals surface area contributed by atoms with E-state index in [2.05, 4.69) is 85.3 Å². The molecule has 1 aliphatic heterocycles. The van der Waals surface area contributed by atoms with Gasteiger partial charge in [0.25, 0.3) is 0 Å². The summed E-state index contributed by atoms with van der Waals surface area (Å²) in [7, 11) is 0. The Morgan fingerprint density at radius 1 is 0.848 bits per heavy atom. The van der Waals surface area contributed by atoms with E-state index in [4.69, 9.17) is 15.1 Å². The summed E-state index contributed by atoms with van der Waals surface area (Å²) in [5, 5.41) is 9.14. The lowest BCUT2D eigenvalue weighted by atomic mass is 9.66. The van der Waals surface area contributed by atoms with Crippen molar-refractivity contribution in [2.24, 2.45) is 16.3 Å². The third-order valence-corrected chi connectivity index (χ3v) is 9.47. The molecule has 0 bridgehead atoms. The van der Waals surface area contributed by atoms with Gasteiger partial charge in [0.2, 0.25) is 0 Å². The molecular weight excluding hydrogens is 564 g/mol. The quantitative estimate of drug-likeness (QED) is 0.153. The molecule has 1 aliphatic carbocycles. The molecular formula is C41H36N4O. The number of ether oxygens (including phenoxy) is 1. The van der Waals surface area contributed by atoms with E-state index in [0.717, 1.165) is 62.9 Å². The summed E-state index contributed by atoms with van der Waals surface area (Å²) in [5.41, 5.74) is 8.69. The van der Waals surface area contributed by atoms with Crippen molar-refractivity contribution in [3.8, 4) is 22.6 Å². The zero-order valence-electron chi connectivity index (χ0n) is 26.3. The Labute approximate surface area is 270 Å². The summed E-state index contributed by atoms with van der Waals surface area (Å²) < 4.78 is 6.35. The molecule has 0 saturated carbocycles. The number of para-hydroxylation sites is 4. The van der Waals surface area contributed by atoms with E-state index < -0.39 is 0 Å². The molecule has 5 aromatic rings. The highest BCUT2D eigenvalue weighted by Gasteiger charge is 2.37. The molecule has 0 radical (unpaired) electrons. The number of pyridine rings is 1. The van der Waals surface area contributed by atoms with Gasteiger partial charge in [-0.2, -0.15) is 0 Å². The zero-order chi connectivity index (χ0) is 31.7. The smallest absolute Gasteiger partial charge is 0.152 e. The molecule has 2 aliphatic rings. The maximum atomic E-state index is 9.14. The van der Waals surface area contributed by atoms with Crippen LogP contribution in [0.1, 0.15) is 38.3 Å². The number of rotatable bonds is 6. The second-order valence-electron chi connectivity index (χ2n) is 12.2. The summed E-state index contributed by atoms with van der Waals surface area (Å²) in [6.45, 7) is 6.78. The number of hydrogen-bond acceptors (Lipinski definition) is 4. The third-order valence-electron chi connectivity index (χ3n) is 9.47. The molecule has 0 saturated heterocycles. The van der Waals surface area contributed by atoms with E-state index in [1.165, 1.54) is 5.57 Å². The van der Waals surface area contributed by atoms with Crippen molar-refractivity contribution in [3.63, 3.8) is 0 Å². The first-order valence-electron chi connectivity index (χ1n) is 15.7. The summed E-state index contributed by atoms with van der Waals surface area (Å²) in [6.07, 6.45) is 11.2. The van der Waals surface area contributed by atoms with Crippen molar-refractivity contribution >= 4 is 28.6 Å². The Morgan fingerprint density at radius 2 is 1.54 bits per heavy atom. The van der Waals surface area contributed by atoms with Crippen molar-refractivity contribution in [1.82, 2.24) is 4.98 Å². The number of nitrogens with one attached hydrogen (secondary N) is 1. The monoisotopic (exact) mass is 600 g/mol. The highest BCUT2D eigenvalue weighted by Crippen LogP contribution is 2.51. The minimum Gasteiger partial charge on any atom is -0.453 e. The highest BCUT2D eigenvalue weighted by atomic mass is 16.5. The van der Waals surface area contributed by atoms with Gasteiger partial charge in [0.1, 0.15) is 0 Å². The second-order valence-corrected chi connectivity index (χ2v) is 12.2. The summed E-state index contributed by atoms with van der Waals surface area (Å²) >= 11 is 0. The molecule has 1 aromatic heterocycles. The van der Waals surface area contributed by atoms with Crippen LogP contribution in [0.4, 0.5) is 17.1 Å². The van der Waals surface area contributed by atoms with Crippen molar-refractivity contribution in [2.75, 3.05) is 4.90 Å². The molecule has 2 atom stereocenters. The number of amidine groups is 1. The van der Waals surface area contributed by atoms with Crippen LogP contribution >= 0.6 is 0 Å². The molecule has 2 heterocycles. The number of nitrogens with zero attached hydrogens (tertiary/aromatic N) is 3. The van der Waals surface area contributed by atoms with Crippen LogP contribution in [-0.2, 0) is 0 Å². The summed E-state index contributed by atoms with van der Waals surface area (Å²) in [4.78, 5) is 11.9. The minimum atomic E-state index is -0.173. The van der Waals surface area contributed by atoms with Crippen molar-refractivity contribution in [2.45, 2.75) is 27.2 Å². The standard InChI is InChI=1S/C41H36N4O/c1-28-14-11-12-22-41(28,3)29(2)39(44-40(42)30-15-5-4-6-16-30)33-24-32(31-17-13-23-43-27-31)25-34(26-33)45-35-18-7-9-20-37(35)46-38-21-10-8-19-36(38)45/h4-21,23-27,29,42H,22H2,1-3H3/t29-,41?/m1/s1. The van der Waals surface area contributed by atoms with E-state index in [0.29, 0.717) is 0 Å². The van der Waals surface area contributed by atoms with Gasteiger partial charge in [-0.25, -0.2) is 4.99 Å². The Kier molecular flexibility index (Phi) is 7.67. The number of hydrogen-bond donors (Lipinski definition) is 1. The molecule has 5 nitrogen and oxygen atoms in total. The van der Waals surface area contributed by atoms with E-state index in [1.807, 2.05) is 79.0 Å².